The number of allylic oxidation sites excluding steroid dienone is 4. The fourth-order valence-corrected chi connectivity index (χ4v) is 4.12. The third-order valence-corrected chi connectivity index (χ3v) is 5.94. The second kappa shape index (κ2) is 10.1. The van der Waals surface area contributed by atoms with E-state index in [1.165, 1.54) is 43.8 Å². The van der Waals surface area contributed by atoms with Crippen molar-refractivity contribution >= 4 is 33.3 Å². The van der Waals surface area contributed by atoms with E-state index in [-0.39, 0.29) is 0 Å². The van der Waals surface area contributed by atoms with Gasteiger partial charge in [0.1, 0.15) is 0 Å². The molecule has 0 atom stereocenters. The Morgan fingerprint density at radius 1 is 0.529 bits per heavy atom. The predicted molar refractivity (Wildman–Crippen MR) is 149 cm³/mol. The highest BCUT2D eigenvalue weighted by molar-refractivity contribution is 5.92. The van der Waals surface area contributed by atoms with E-state index in [0.717, 1.165) is 5.69 Å². The van der Waals surface area contributed by atoms with Crippen LogP contribution in [0.2, 0.25) is 0 Å². The van der Waals surface area contributed by atoms with Crippen LogP contribution in [0.3, 0.4) is 0 Å². The first-order valence-corrected chi connectivity index (χ1v) is 11.6. The zero-order valence-electron chi connectivity index (χ0n) is 19.3. The van der Waals surface area contributed by atoms with Crippen molar-refractivity contribution in [3.05, 3.63) is 145 Å². The van der Waals surface area contributed by atoms with Gasteiger partial charge in [0, 0.05) is 11.9 Å². The molecule has 0 saturated heterocycles. The number of fused-ring (bicyclic) bond motifs is 2. The minimum absolute atomic E-state index is 1.08. The van der Waals surface area contributed by atoms with E-state index in [1.807, 2.05) is 54.8 Å². The van der Waals surface area contributed by atoms with E-state index < -0.39 is 0 Å². The first-order chi connectivity index (χ1) is 16.7. The van der Waals surface area contributed by atoms with Crippen molar-refractivity contribution in [3.63, 3.8) is 0 Å². The molecule has 0 aromatic heterocycles. The van der Waals surface area contributed by atoms with E-state index in [9.17, 15) is 0 Å². The molecule has 164 valence electrons. The number of benzene rings is 5. The molecule has 5 aromatic carbocycles. The second-order valence-electron chi connectivity index (χ2n) is 8.50. The molecule has 0 fully saturated rings. The molecule has 0 spiro atoms. The third kappa shape index (κ3) is 5.16. The Morgan fingerprint density at radius 2 is 1.15 bits per heavy atom. The average molecular weight is 438 g/mol. The fourth-order valence-electron chi connectivity index (χ4n) is 4.12. The molecule has 1 heteroatoms. The van der Waals surface area contributed by atoms with E-state index in [0.29, 0.717) is 0 Å². The largest absolute Gasteiger partial charge is 0.362 e. The van der Waals surface area contributed by atoms with E-state index in [4.69, 9.17) is 0 Å². The minimum atomic E-state index is 1.08. The maximum atomic E-state index is 3.24. The lowest BCUT2D eigenvalue weighted by molar-refractivity contribution is 1.50. The Bertz CT molecular complexity index is 1520. The Balaban J connectivity index is 1.27. The summed E-state index contributed by atoms with van der Waals surface area (Å²) in [7, 11) is 0. The Labute approximate surface area is 201 Å². The van der Waals surface area contributed by atoms with Gasteiger partial charge in [-0.25, -0.2) is 0 Å². The van der Waals surface area contributed by atoms with Crippen molar-refractivity contribution in [3.8, 4) is 11.1 Å². The number of nitrogens with one attached hydrogen (secondary N) is 1. The van der Waals surface area contributed by atoms with Gasteiger partial charge in [0.25, 0.3) is 0 Å². The molecular formula is C33H27N. The molecule has 0 bridgehead atoms. The van der Waals surface area contributed by atoms with Crippen molar-refractivity contribution in [2.45, 2.75) is 6.92 Å². The van der Waals surface area contributed by atoms with Crippen molar-refractivity contribution in [1.29, 1.82) is 0 Å². The summed E-state index contributed by atoms with van der Waals surface area (Å²) in [6.07, 6.45) is 12.2. The van der Waals surface area contributed by atoms with Crippen molar-refractivity contribution in [1.82, 2.24) is 0 Å². The quantitative estimate of drug-likeness (QED) is 0.261. The summed E-state index contributed by atoms with van der Waals surface area (Å²) in [5.74, 6) is 0. The van der Waals surface area contributed by atoms with Crippen LogP contribution in [0, 0.1) is 6.92 Å². The highest BCUT2D eigenvalue weighted by Gasteiger charge is 2.03. The summed E-state index contributed by atoms with van der Waals surface area (Å²) in [5, 5.41) is 8.32. The smallest absolute Gasteiger partial charge is 0.0379 e. The summed E-state index contributed by atoms with van der Waals surface area (Å²) in [6.45, 7) is 2.14. The van der Waals surface area contributed by atoms with Gasteiger partial charge in [-0.1, -0.05) is 103 Å². The summed E-state index contributed by atoms with van der Waals surface area (Å²) in [4.78, 5) is 0. The molecule has 0 saturated carbocycles. The average Bonchev–Trinajstić information content (AvgIpc) is 2.88. The van der Waals surface area contributed by atoms with Gasteiger partial charge in [-0.15, -0.1) is 0 Å². The summed E-state index contributed by atoms with van der Waals surface area (Å²) in [5.41, 5.74) is 6.07. The van der Waals surface area contributed by atoms with Gasteiger partial charge in [0.2, 0.25) is 0 Å². The lowest BCUT2D eigenvalue weighted by atomic mass is 9.97. The monoisotopic (exact) mass is 437 g/mol. The van der Waals surface area contributed by atoms with Gasteiger partial charge < -0.3 is 5.32 Å². The number of hydrogen-bond donors (Lipinski definition) is 1. The van der Waals surface area contributed by atoms with E-state index >= 15 is 0 Å². The number of para-hydroxylation sites is 1. The standard InChI is InChI=1S/C33H27N/c1-25-12-14-29-23-31(18-16-27(29)21-25)32-19-17-28-22-26(13-15-30(28)24-32)9-5-2-3-8-20-34-33-10-6-4-7-11-33/h2-24,34H,1H3/b3-2-,9-5-,20-8+. The lowest BCUT2D eigenvalue weighted by Crippen LogP contribution is -1.84. The van der Waals surface area contributed by atoms with Gasteiger partial charge in [-0.2, -0.15) is 0 Å². The van der Waals surface area contributed by atoms with Crippen molar-refractivity contribution in [2.24, 2.45) is 0 Å². The highest BCUT2D eigenvalue weighted by atomic mass is 14.8. The molecule has 0 radical (unpaired) electrons. The van der Waals surface area contributed by atoms with Gasteiger partial charge in [-0.05, 0) is 81.6 Å². The molecule has 1 N–H and O–H groups in total. The van der Waals surface area contributed by atoms with Gasteiger partial charge in [-0.3, -0.25) is 0 Å². The molecular weight excluding hydrogens is 410 g/mol. The first kappa shape index (κ1) is 21.5. The van der Waals surface area contributed by atoms with Crippen LogP contribution in [0.25, 0.3) is 38.7 Å². The van der Waals surface area contributed by atoms with Crippen LogP contribution in [0.15, 0.2) is 134 Å². The van der Waals surface area contributed by atoms with Gasteiger partial charge >= 0.3 is 0 Å². The van der Waals surface area contributed by atoms with Crippen LogP contribution >= 0.6 is 0 Å². The zero-order chi connectivity index (χ0) is 23.2. The summed E-state index contributed by atoms with van der Waals surface area (Å²) < 4.78 is 0. The van der Waals surface area contributed by atoms with Gasteiger partial charge in [0.05, 0.1) is 0 Å². The lowest BCUT2D eigenvalue weighted by Gasteiger charge is -2.07. The van der Waals surface area contributed by atoms with Crippen molar-refractivity contribution < 1.29 is 0 Å². The maximum absolute atomic E-state index is 3.24. The minimum Gasteiger partial charge on any atom is -0.362 e. The van der Waals surface area contributed by atoms with Crippen LogP contribution in [-0.4, -0.2) is 0 Å². The Morgan fingerprint density at radius 3 is 1.91 bits per heavy atom. The molecule has 0 aliphatic carbocycles. The molecule has 34 heavy (non-hydrogen) atoms. The van der Waals surface area contributed by atoms with Crippen LogP contribution in [0.5, 0.6) is 0 Å². The topological polar surface area (TPSA) is 12.0 Å². The molecule has 5 rings (SSSR count). The molecule has 0 amide bonds. The molecule has 5 aromatic rings. The normalized spacial score (nSPS) is 11.9. The zero-order valence-corrected chi connectivity index (χ0v) is 19.3. The third-order valence-electron chi connectivity index (χ3n) is 5.94. The maximum Gasteiger partial charge on any atom is 0.0379 e. The van der Waals surface area contributed by atoms with E-state index in [2.05, 4.69) is 97.2 Å². The van der Waals surface area contributed by atoms with Crippen LogP contribution < -0.4 is 5.32 Å². The fraction of sp³-hybridized carbons (Fsp3) is 0.0303. The van der Waals surface area contributed by atoms with Crippen LogP contribution in [0.1, 0.15) is 11.1 Å². The molecule has 0 aliphatic rings. The van der Waals surface area contributed by atoms with Gasteiger partial charge in [0.15, 0.2) is 0 Å². The molecule has 0 aliphatic heterocycles. The van der Waals surface area contributed by atoms with Crippen LogP contribution in [0.4, 0.5) is 5.69 Å². The predicted octanol–water partition coefficient (Wildman–Crippen LogP) is 9.16. The van der Waals surface area contributed by atoms with Crippen molar-refractivity contribution in [2.75, 3.05) is 5.32 Å². The second-order valence-corrected chi connectivity index (χ2v) is 8.50. The SMILES string of the molecule is Cc1ccc2cc(-c3ccc4cc(\C=C/C=C\C=C\Nc5ccccc5)ccc4c3)ccc2c1. The Hall–Kier alpha value is -4.36. The molecule has 0 unspecified atom stereocenters. The number of anilines is 1. The summed E-state index contributed by atoms with van der Waals surface area (Å²) >= 11 is 0. The number of hydrogen-bond acceptors (Lipinski definition) is 1. The number of rotatable bonds is 6. The molecule has 1 nitrogen and oxygen atoms in total. The first-order valence-electron chi connectivity index (χ1n) is 11.6. The van der Waals surface area contributed by atoms with E-state index in [1.54, 1.807) is 0 Å². The Kier molecular flexibility index (Phi) is 6.36. The van der Waals surface area contributed by atoms with Crippen LogP contribution in [-0.2, 0) is 0 Å². The highest BCUT2D eigenvalue weighted by Crippen LogP contribution is 2.28. The number of aryl methyl sites for hydroxylation is 1. The summed E-state index contributed by atoms with van der Waals surface area (Å²) in [6, 6.07) is 36.8. The molecule has 0 heterocycles.